The maximum atomic E-state index is 13.2. The summed E-state index contributed by atoms with van der Waals surface area (Å²) in [6, 6.07) is 19.2. The molecule has 0 aliphatic carbocycles. The number of halogens is 3. The number of rotatable bonds is 5. The van der Waals surface area contributed by atoms with E-state index in [1.165, 1.54) is 12.1 Å². The van der Waals surface area contributed by atoms with Gasteiger partial charge in [-0.3, -0.25) is 14.2 Å². The van der Waals surface area contributed by atoms with Crippen LogP contribution in [0.5, 0.6) is 0 Å². The van der Waals surface area contributed by atoms with Gasteiger partial charge in [0.05, 0.1) is 17.8 Å². The first-order chi connectivity index (χ1) is 16.6. The van der Waals surface area contributed by atoms with Gasteiger partial charge in [-0.1, -0.05) is 42.5 Å². The maximum Gasteiger partial charge on any atom is 0.416 e. The third-order valence-electron chi connectivity index (χ3n) is 5.17. The zero-order chi connectivity index (χ0) is 25.2. The number of para-hydroxylation sites is 1. The van der Waals surface area contributed by atoms with Crippen LogP contribution < -0.4 is 16.6 Å². The third kappa shape index (κ3) is 5.21. The molecule has 4 rings (SSSR count). The van der Waals surface area contributed by atoms with E-state index in [0.717, 1.165) is 26.9 Å². The van der Waals surface area contributed by atoms with Crippen LogP contribution in [0, 0.1) is 6.92 Å². The SMILES string of the molecule is Cc1cccc(-n2nc(C(=O)Nc3ccccc3)c(=O)n(Cc3ccc(C(F)(F)F)cc3)c2=O)c1. The highest BCUT2D eigenvalue weighted by atomic mass is 19.4. The fourth-order valence-electron chi connectivity index (χ4n) is 3.42. The summed E-state index contributed by atoms with van der Waals surface area (Å²) in [7, 11) is 0. The molecule has 0 atom stereocenters. The van der Waals surface area contributed by atoms with Crippen molar-refractivity contribution in [3.63, 3.8) is 0 Å². The van der Waals surface area contributed by atoms with Crippen molar-refractivity contribution in [1.82, 2.24) is 14.3 Å². The monoisotopic (exact) mass is 480 g/mol. The van der Waals surface area contributed by atoms with Gasteiger partial charge in [0.1, 0.15) is 0 Å². The summed E-state index contributed by atoms with van der Waals surface area (Å²) in [5.74, 6) is -0.830. The number of aryl methyl sites for hydroxylation is 1. The van der Waals surface area contributed by atoms with Crippen LogP contribution >= 0.6 is 0 Å². The van der Waals surface area contributed by atoms with Crippen LogP contribution in [0.1, 0.15) is 27.2 Å². The standard InChI is InChI=1S/C25H19F3N4O3/c1-16-6-5-9-20(14-16)32-24(35)31(15-17-10-12-18(13-11-17)25(26,27)28)23(34)21(30-32)22(33)29-19-7-3-2-4-8-19/h2-14H,15H2,1H3,(H,29,33). The largest absolute Gasteiger partial charge is 0.416 e. The molecule has 0 fully saturated rings. The van der Waals surface area contributed by atoms with Gasteiger partial charge < -0.3 is 5.32 Å². The fourth-order valence-corrected chi connectivity index (χ4v) is 3.42. The lowest BCUT2D eigenvalue weighted by Crippen LogP contribution is -2.45. The number of carbonyl (C=O) groups is 1. The number of alkyl halides is 3. The van der Waals surface area contributed by atoms with E-state index in [2.05, 4.69) is 10.4 Å². The highest BCUT2D eigenvalue weighted by Crippen LogP contribution is 2.29. The first-order valence-electron chi connectivity index (χ1n) is 10.5. The number of amides is 1. The highest BCUT2D eigenvalue weighted by Gasteiger charge is 2.30. The van der Waals surface area contributed by atoms with E-state index in [9.17, 15) is 27.6 Å². The minimum atomic E-state index is -4.52. The first-order valence-corrected chi connectivity index (χ1v) is 10.5. The maximum absolute atomic E-state index is 13.2. The Kier molecular flexibility index (Phi) is 6.37. The van der Waals surface area contributed by atoms with Crippen LogP contribution in [-0.2, 0) is 12.7 Å². The second-order valence-electron chi connectivity index (χ2n) is 7.79. The van der Waals surface area contributed by atoms with E-state index < -0.39 is 34.6 Å². The summed E-state index contributed by atoms with van der Waals surface area (Å²) >= 11 is 0. The summed E-state index contributed by atoms with van der Waals surface area (Å²) < 4.78 is 40.4. The molecule has 0 bridgehead atoms. The lowest BCUT2D eigenvalue weighted by atomic mass is 10.1. The van der Waals surface area contributed by atoms with Gasteiger partial charge in [-0.25, -0.2) is 4.79 Å². The second-order valence-corrected chi connectivity index (χ2v) is 7.79. The molecule has 1 aromatic heterocycles. The molecular formula is C25H19F3N4O3. The summed E-state index contributed by atoms with van der Waals surface area (Å²) in [4.78, 5) is 39.3. The molecule has 0 saturated heterocycles. The molecule has 3 aromatic carbocycles. The molecule has 7 nitrogen and oxygen atoms in total. The van der Waals surface area contributed by atoms with Gasteiger partial charge >= 0.3 is 11.9 Å². The zero-order valence-corrected chi connectivity index (χ0v) is 18.4. The van der Waals surface area contributed by atoms with Gasteiger partial charge in [0, 0.05) is 5.69 Å². The zero-order valence-electron chi connectivity index (χ0n) is 18.4. The van der Waals surface area contributed by atoms with E-state index in [-0.39, 0.29) is 12.1 Å². The minimum absolute atomic E-state index is 0.272. The Balaban J connectivity index is 1.82. The number of nitrogens with zero attached hydrogens (tertiary/aromatic N) is 3. The van der Waals surface area contributed by atoms with Gasteiger partial charge in [0.2, 0.25) is 5.69 Å². The Morgan fingerprint density at radius 2 is 1.63 bits per heavy atom. The lowest BCUT2D eigenvalue weighted by Gasteiger charge is -2.13. The van der Waals surface area contributed by atoms with E-state index in [1.807, 2.05) is 0 Å². The van der Waals surface area contributed by atoms with Gasteiger partial charge in [0.15, 0.2) is 0 Å². The number of aromatic nitrogens is 3. The van der Waals surface area contributed by atoms with Crippen LogP contribution in [-0.4, -0.2) is 20.3 Å². The Labute approximate surface area is 197 Å². The van der Waals surface area contributed by atoms with Crippen molar-refractivity contribution in [2.24, 2.45) is 0 Å². The summed E-state index contributed by atoms with van der Waals surface area (Å²) in [6.45, 7) is 1.45. The van der Waals surface area contributed by atoms with Crippen LogP contribution in [0.4, 0.5) is 18.9 Å². The van der Waals surface area contributed by atoms with Crippen molar-refractivity contribution >= 4 is 11.6 Å². The van der Waals surface area contributed by atoms with Crippen molar-refractivity contribution in [3.05, 3.63) is 122 Å². The normalized spacial score (nSPS) is 11.3. The number of nitrogens with one attached hydrogen (secondary N) is 1. The summed E-state index contributed by atoms with van der Waals surface area (Å²) in [5.41, 5.74) is -1.37. The third-order valence-corrected chi connectivity index (χ3v) is 5.17. The smallest absolute Gasteiger partial charge is 0.320 e. The van der Waals surface area contributed by atoms with Crippen LogP contribution in [0.25, 0.3) is 5.69 Å². The van der Waals surface area contributed by atoms with Gasteiger partial charge in [-0.05, 0) is 54.4 Å². The number of anilines is 1. The molecule has 178 valence electrons. The highest BCUT2D eigenvalue weighted by molar-refractivity contribution is 6.02. The van der Waals surface area contributed by atoms with Crippen molar-refractivity contribution in [3.8, 4) is 5.69 Å². The molecule has 10 heteroatoms. The number of carbonyl (C=O) groups excluding carboxylic acids is 1. The molecule has 0 saturated carbocycles. The average molecular weight is 480 g/mol. The molecule has 1 amide bonds. The average Bonchev–Trinajstić information content (AvgIpc) is 2.82. The summed E-state index contributed by atoms with van der Waals surface area (Å²) in [6.07, 6.45) is -4.52. The summed E-state index contributed by atoms with van der Waals surface area (Å²) in [5, 5.41) is 6.61. The number of hydrogen-bond donors (Lipinski definition) is 1. The molecule has 0 unspecified atom stereocenters. The number of hydrogen-bond acceptors (Lipinski definition) is 4. The Morgan fingerprint density at radius 1 is 0.943 bits per heavy atom. The van der Waals surface area contributed by atoms with E-state index in [1.54, 1.807) is 61.5 Å². The van der Waals surface area contributed by atoms with E-state index >= 15 is 0 Å². The van der Waals surface area contributed by atoms with Crippen LogP contribution in [0.3, 0.4) is 0 Å². The molecule has 1 heterocycles. The molecule has 1 N–H and O–H groups in total. The predicted octanol–water partition coefficient (Wildman–Crippen LogP) is 4.02. The van der Waals surface area contributed by atoms with Crippen molar-refractivity contribution in [1.29, 1.82) is 0 Å². The molecule has 0 aliphatic rings. The van der Waals surface area contributed by atoms with Crippen LogP contribution in [0.2, 0.25) is 0 Å². The molecule has 0 radical (unpaired) electrons. The second kappa shape index (κ2) is 9.41. The van der Waals surface area contributed by atoms with Crippen molar-refractivity contribution in [2.45, 2.75) is 19.6 Å². The number of benzene rings is 3. The van der Waals surface area contributed by atoms with Gasteiger partial charge in [-0.2, -0.15) is 23.0 Å². The molecule has 4 aromatic rings. The molecule has 35 heavy (non-hydrogen) atoms. The van der Waals surface area contributed by atoms with E-state index in [0.29, 0.717) is 11.4 Å². The van der Waals surface area contributed by atoms with Crippen LogP contribution in [0.15, 0.2) is 88.5 Å². The van der Waals surface area contributed by atoms with Crippen molar-refractivity contribution < 1.29 is 18.0 Å². The van der Waals surface area contributed by atoms with Gasteiger partial charge in [-0.15, -0.1) is 0 Å². The topological polar surface area (TPSA) is 86.0 Å². The Bertz CT molecular complexity index is 1490. The Hall–Kier alpha value is -4.47. The molecule has 0 spiro atoms. The quantitative estimate of drug-likeness (QED) is 0.468. The van der Waals surface area contributed by atoms with Crippen molar-refractivity contribution in [2.75, 3.05) is 5.32 Å². The Morgan fingerprint density at radius 3 is 2.26 bits per heavy atom. The molecule has 0 aliphatic heterocycles. The molecular weight excluding hydrogens is 461 g/mol. The van der Waals surface area contributed by atoms with Gasteiger partial charge in [0.25, 0.3) is 11.5 Å². The lowest BCUT2D eigenvalue weighted by molar-refractivity contribution is -0.137. The predicted molar refractivity (Wildman–Crippen MR) is 124 cm³/mol. The minimum Gasteiger partial charge on any atom is -0.320 e. The first kappa shape index (κ1) is 23.7. The van der Waals surface area contributed by atoms with E-state index in [4.69, 9.17) is 0 Å². The fraction of sp³-hybridized carbons (Fsp3) is 0.120.